The fraction of sp³-hybridized carbons (Fsp3) is 0.538. The summed E-state index contributed by atoms with van der Waals surface area (Å²) in [6.45, 7) is 4.71. The molecule has 0 saturated carbocycles. The Morgan fingerprint density at radius 1 is 1.29 bits per heavy atom. The van der Waals surface area contributed by atoms with E-state index in [0.29, 0.717) is 6.61 Å². The maximum absolute atomic E-state index is 13.3. The fourth-order valence-corrected chi connectivity index (χ4v) is 1.77. The Morgan fingerprint density at radius 3 is 2.59 bits per heavy atom. The summed E-state index contributed by atoms with van der Waals surface area (Å²) in [5.74, 6) is -0.0658. The summed E-state index contributed by atoms with van der Waals surface area (Å²) in [6, 6.07) is 5.26. The lowest BCUT2D eigenvalue weighted by atomic mass is 10.1. The second kappa shape index (κ2) is 6.57. The van der Waals surface area contributed by atoms with Crippen LogP contribution in [-0.2, 0) is 4.74 Å². The number of benzene rings is 1. The lowest BCUT2D eigenvalue weighted by molar-refractivity contribution is 0.167. The molecule has 0 amide bonds. The van der Waals surface area contributed by atoms with Gasteiger partial charge in [-0.15, -0.1) is 0 Å². The van der Waals surface area contributed by atoms with Crippen molar-refractivity contribution < 1.29 is 13.9 Å². The van der Waals surface area contributed by atoms with Crippen molar-refractivity contribution >= 4 is 0 Å². The van der Waals surface area contributed by atoms with Crippen molar-refractivity contribution in [2.24, 2.45) is 0 Å². The van der Waals surface area contributed by atoms with Gasteiger partial charge >= 0.3 is 0 Å². The van der Waals surface area contributed by atoms with Crippen molar-refractivity contribution in [3.05, 3.63) is 29.6 Å². The van der Waals surface area contributed by atoms with Crippen molar-refractivity contribution in [1.29, 1.82) is 0 Å². The minimum Gasteiger partial charge on any atom is -0.494 e. The molecule has 2 unspecified atom stereocenters. The number of hydrogen-bond donors (Lipinski definition) is 1. The average Bonchev–Trinajstić information content (AvgIpc) is 2.29. The Labute approximate surface area is 102 Å². The SMILES string of the molecule is COCC(C)NC(C)c1ccc(F)c(OC)c1. The van der Waals surface area contributed by atoms with Crippen molar-refractivity contribution in [3.63, 3.8) is 0 Å². The molecule has 0 bridgehead atoms. The number of methoxy groups -OCH3 is 2. The van der Waals surface area contributed by atoms with Gasteiger partial charge in [0, 0.05) is 19.2 Å². The predicted octanol–water partition coefficient (Wildman–Crippen LogP) is 2.52. The second-order valence-electron chi connectivity index (χ2n) is 4.14. The third kappa shape index (κ3) is 3.98. The van der Waals surface area contributed by atoms with Gasteiger partial charge in [-0.25, -0.2) is 4.39 Å². The zero-order chi connectivity index (χ0) is 12.8. The van der Waals surface area contributed by atoms with E-state index in [2.05, 4.69) is 5.32 Å². The van der Waals surface area contributed by atoms with E-state index in [4.69, 9.17) is 9.47 Å². The maximum Gasteiger partial charge on any atom is 0.165 e. The molecule has 0 fully saturated rings. The van der Waals surface area contributed by atoms with Crippen molar-refractivity contribution in [3.8, 4) is 5.75 Å². The number of halogens is 1. The monoisotopic (exact) mass is 241 g/mol. The number of hydrogen-bond acceptors (Lipinski definition) is 3. The molecule has 0 aliphatic rings. The Bertz CT molecular complexity index is 357. The molecule has 1 aromatic rings. The molecular weight excluding hydrogens is 221 g/mol. The average molecular weight is 241 g/mol. The number of rotatable bonds is 6. The predicted molar refractivity (Wildman–Crippen MR) is 65.8 cm³/mol. The lowest BCUT2D eigenvalue weighted by Gasteiger charge is -2.20. The largest absolute Gasteiger partial charge is 0.494 e. The van der Waals surface area contributed by atoms with Crippen LogP contribution in [0.4, 0.5) is 4.39 Å². The molecule has 0 radical (unpaired) electrons. The third-order valence-corrected chi connectivity index (χ3v) is 2.63. The molecule has 0 aromatic heterocycles. The van der Waals surface area contributed by atoms with Gasteiger partial charge in [-0.1, -0.05) is 6.07 Å². The van der Waals surface area contributed by atoms with Crippen molar-refractivity contribution in [2.45, 2.75) is 25.9 Å². The molecule has 1 rings (SSSR count). The zero-order valence-electron chi connectivity index (χ0n) is 10.8. The van der Waals surface area contributed by atoms with Crippen LogP contribution in [0.3, 0.4) is 0 Å². The van der Waals surface area contributed by atoms with Crippen LogP contribution < -0.4 is 10.1 Å². The molecule has 3 nitrogen and oxygen atoms in total. The number of ether oxygens (including phenoxy) is 2. The van der Waals surface area contributed by atoms with Crippen LogP contribution in [0, 0.1) is 5.82 Å². The van der Waals surface area contributed by atoms with Crippen LogP contribution in [0.15, 0.2) is 18.2 Å². The van der Waals surface area contributed by atoms with Gasteiger partial charge in [-0.3, -0.25) is 0 Å². The van der Waals surface area contributed by atoms with E-state index >= 15 is 0 Å². The minimum atomic E-state index is -0.339. The van der Waals surface area contributed by atoms with E-state index in [1.807, 2.05) is 13.8 Å². The molecule has 0 aliphatic carbocycles. The summed E-state index contributed by atoms with van der Waals surface area (Å²) in [4.78, 5) is 0. The molecule has 0 heterocycles. The van der Waals surface area contributed by atoms with Gasteiger partial charge in [0.05, 0.1) is 13.7 Å². The highest BCUT2D eigenvalue weighted by Crippen LogP contribution is 2.22. The summed E-state index contributed by atoms with van der Waals surface area (Å²) >= 11 is 0. The Hall–Kier alpha value is -1.13. The zero-order valence-corrected chi connectivity index (χ0v) is 10.8. The van der Waals surface area contributed by atoms with Gasteiger partial charge < -0.3 is 14.8 Å². The van der Waals surface area contributed by atoms with Gasteiger partial charge in [-0.05, 0) is 31.5 Å². The molecular formula is C13H20FNO2. The Kier molecular flexibility index (Phi) is 5.38. The highest BCUT2D eigenvalue weighted by Gasteiger charge is 2.11. The molecule has 96 valence electrons. The fourth-order valence-electron chi connectivity index (χ4n) is 1.77. The summed E-state index contributed by atoms with van der Waals surface area (Å²) < 4.78 is 23.3. The van der Waals surface area contributed by atoms with Crippen LogP contribution in [0.2, 0.25) is 0 Å². The summed E-state index contributed by atoms with van der Waals surface area (Å²) in [5, 5.41) is 3.36. The van der Waals surface area contributed by atoms with E-state index in [1.54, 1.807) is 19.2 Å². The van der Waals surface area contributed by atoms with Gasteiger partial charge in [0.15, 0.2) is 11.6 Å². The third-order valence-electron chi connectivity index (χ3n) is 2.63. The van der Waals surface area contributed by atoms with E-state index < -0.39 is 0 Å². The first-order chi connectivity index (χ1) is 8.08. The smallest absolute Gasteiger partial charge is 0.165 e. The quantitative estimate of drug-likeness (QED) is 0.830. The summed E-state index contributed by atoms with van der Waals surface area (Å²) in [5.41, 5.74) is 0.992. The molecule has 0 aliphatic heterocycles. The Balaban J connectivity index is 2.71. The van der Waals surface area contributed by atoms with Gasteiger partial charge in [0.2, 0.25) is 0 Å². The van der Waals surface area contributed by atoms with Gasteiger partial charge in [-0.2, -0.15) is 0 Å². The molecule has 0 spiro atoms. The Morgan fingerprint density at radius 2 is 2.00 bits per heavy atom. The normalized spacial score (nSPS) is 14.4. The first-order valence-electron chi connectivity index (χ1n) is 5.67. The summed E-state index contributed by atoms with van der Waals surface area (Å²) in [7, 11) is 3.14. The first kappa shape index (κ1) is 13.9. The minimum absolute atomic E-state index is 0.120. The lowest BCUT2D eigenvalue weighted by Crippen LogP contribution is -2.32. The number of nitrogens with one attached hydrogen (secondary N) is 1. The molecule has 1 N–H and O–H groups in total. The molecule has 4 heteroatoms. The van der Waals surface area contributed by atoms with Crippen LogP contribution in [0.1, 0.15) is 25.5 Å². The van der Waals surface area contributed by atoms with Crippen LogP contribution in [0.25, 0.3) is 0 Å². The summed E-state index contributed by atoms with van der Waals surface area (Å²) in [6.07, 6.45) is 0. The highest BCUT2D eigenvalue weighted by molar-refractivity contribution is 5.31. The van der Waals surface area contributed by atoms with Gasteiger partial charge in [0.25, 0.3) is 0 Å². The first-order valence-corrected chi connectivity index (χ1v) is 5.67. The van der Waals surface area contributed by atoms with Crippen molar-refractivity contribution in [2.75, 3.05) is 20.8 Å². The van der Waals surface area contributed by atoms with Gasteiger partial charge in [0.1, 0.15) is 0 Å². The second-order valence-corrected chi connectivity index (χ2v) is 4.14. The molecule has 2 atom stereocenters. The van der Waals surface area contributed by atoms with E-state index in [9.17, 15) is 4.39 Å². The van der Waals surface area contributed by atoms with Crippen molar-refractivity contribution in [1.82, 2.24) is 5.32 Å². The molecule has 17 heavy (non-hydrogen) atoms. The highest BCUT2D eigenvalue weighted by atomic mass is 19.1. The van der Waals surface area contributed by atoms with Crippen LogP contribution in [-0.4, -0.2) is 26.9 Å². The molecule has 0 saturated heterocycles. The standard InChI is InChI=1S/C13H20FNO2/c1-9(8-16-3)15-10(2)11-5-6-12(14)13(7-11)17-4/h5-7,9-10,15H,8H2,1-4H3. The topological polar surface area (TPSA) is 30.5 Å². The van der Waals surface area contributed by atoms with E-state index in [0.717, 1.165) is 5.56 Å². The van der Waals surface area contributed by atoms with Crippen LogP contribution in [0.5, 0.6) is 5.75 Å². The van der Waals surface area contributed by atoms with E-state index in [-0.39, 0.29) is 23.7 Å². The van der Waals surface area contributed by atoms with E-state index in [1.165, 1.54) is 13.2 Å². The van der Waals surface area contributed by atoms with Crippen LogP contribution >= 0.6 is 0 Å². The maximum atomic E-state index is 13.3. The molecule has 1 aromatic carbocycles.